The Bertz CT molecular complexity index is 534. The highest BCUT2D eigenvalue weighted by Crippen LogP contribution is 2.06. The molecule has 6 heteroatoms. The minimum atomic E-state index is -0.324. The van der Waals surface area contributed by atoms with Crippen LogP contribution in [-0.4, -0.2) is 50.2 Å². The number of morpholine rings is 1. The topological polar surface area (TPSA) is 65.4 Å². The summed E-state index contributed by atoms with van der Waals surface area (Å²) in [6.45, 7) is 4.57. The van der Waals surface area contributed by atoms with E-state index in [1.807, 2.05) is 36.4 Å². The van der Waals surface area contributed by atoms with Gasteiger partial charge in [0.25, 0.3) is 5.91 Å². The lowest BCUT2D eigenvalue weighted by Crippen LogP contribution is -3.00. The molecule has 1 aromatic rings. The largest absolute Gasteiger partial charge is 1.00 e. The van der Waals surface area contributed by atoms with Crippen LogP contribution in [-0.2, 0) is 9.53 Å². The first kappa shape index (κ1) is 18.2. The maximum absolute atomic E-state index is 12.0. The van der Waals surface area contributed by atoms with Gasteiger partial charge >= 0.3 is 0 Å². The third kappa shape index (κ3) is 5.86. The summed E-state index contributed by atoms with van der Waals surface area (Å²) in [6, 6.07) is 11.3. The van der Waals surface area contributed by atoms with Gasteiger partial charge in [0.1, 0.15) is 11.6 Å². The van der Waals surface area contributed by atoms with Gasteiger partial charge in [0.2, 0.25) is 0 Å². The van der Waals surface area contributed by atoms with Crippen molar-refractivity contribution in [2.45, 2.75) is 0 Å². The summed E-state index contributed by atoms with van der Waals surface area (Å²) < 4.78 is 5.27. The Balaban J connectivity index is 0.00000242. The predicted octanol–water partition coefficient (Wildman–Crippen LogP) is -1.95. The second kappa shape index (κ2) is 9.96. The van der Waals surface area contributed by atoms with E-state index in [1.54, 1.807) is 6.08 Å². The Morgan fingerprint density at radius 2 is 2.00 bits per heavy atom. The van der Waals surface area contributed by atoms with Crippen LogP contribution in [0, 0.1) is 11.3 Å². The van der Waals surface area contributed by atoms with Crippen molar-refractivity contribution in [3.8, 4) is 6.07 Å². The number of hydrogen-bond donors (Lipinski definition) is 1. The van der Waals surface area contributed by atoms with E-state index >= 15 is 0 Å². The molecule has 0 radical (unpaired) electrons. The fourth-order valence-corrected chi connectivity index (χ4v) is 2.11. The van der Waals surface area contributed by atoms with E-state index in [1.165, 1.54) is 0 Å². The molecule has 1 heterocycles. The van der Waals surface area contributed by atoms with Gasteiger partial charge in [-0.15, -0.1) is 0 Å². The molecule has 0 aromatic heterocycles. The number of hydrogen-bond acceptors (Lipinski definition) is 4. The molecule has 2 rings (SSSR count). The summed E-state index contributed by atoms with van der Waals surface area (Å²) >= 11 is 0. The zero-order valence-electron chi connectivity index (χ0n) is 12.3. The second-order valence-corrected chi connectivity index (χ2v) is 4.79. The Kier molecular flexibility index (Phi) is 8.23. The Morgan fingerprint density at radius 3 is 2.64 bits per heavy atom. The number of nitrogens with zero attached hydrogens (tertiary/aromatic N) is 2. The van der Waals surface area contributed by atoms with Crippen molar-refractivity contribution in [1.29, 1.82) is 5.26 Å². The van der Waals surface area contributed by atoms with Crippen LogP contribution in [0.25, 0.3) is 6.08 Å². The quantitative estimate of drug-likeness (QED) is 0.506. The molecule has 0 unspecified atom stereocenters. The molecule has 22 heavy (non-hydrogen) atoms. The van der Waals surface area contributed by atoms with E-state index < -0.39 is 0 Å². The Morgan fingerprint density at radius 1 is 1.32 bits per heavy atom. The van der Waals surface area contributed by atoms with Gasteiger partial charge in [-0.25, -0.2) is 0 Å². The van der Waals surface area contributed by atoms with Gasteiger partial charge in [-0.05, 0) is 11.6 Å². The minimum Gasteiger partial charge on any atom is -1.00 e. The number of halogens is 1. The van der Waals surface area contributed by atoms with Crippen molar-refractivity contribution in [2.24, 2.45) is 0 Å². The molecule has 1 fully saturated rings. The molecule has 1 aliphatic heterocycles. The smallest absolute Gasteiger partial charge is 0.261 e. The number of carbonyl (C=O) groups is 1. The average molecular weight is 321 g/mol. The number of nitriles is 1. The molecule has 1 saturated heterocycles. The molecule has 1 aliphatic rings. The first-order valence-corrected chi connectivity index (χ1v) is 7.05. The highest BCUT2D eigenvalue weighted by atomic mass is 35.5. The summed E-state index contributed by atoms with van der Waals surface area (Å²) in [5.41, 5.74) is 0.973. The molecule has 1 N–H and O–H groups in total. The molecule has 0 spiro atoms. The molecule has 0 atom stereocenters. The van der Waals surface area contributed by atoms with Crippen LogP contribution in [0.4, 0.5) is 0 Å². The molecule has 118 valence electrons. The molecule has 0 bridgehead atoms. The highest BCUT2D eigenvalue weighted by molar-refractivity contribution is 6.01. The Hall–Kier alpha value is -1.87. The molecule has 0 saturated carbocycles. The van der Waals surface area contributed by atoms with Crippen LogP contribution in [0.5, 0.6) is 0 Å². The monoisotopic (exact) mass is 320 g/mol. The van der Waals surface area contributed by atoms with Crippen molar-refractivity contribution in [3.05, 3.63) is 41.5 Å². The normalized spacial score (nSPS) is 15.5. The number of ether oxygens (including phenoxy) is 1. The molecule has 5 nitrogen and oxygen atoms in total. The average Bonchev–Trinajstić information content (AvgIpc) is 2.54. The van der Waals surface area contributed by atoms with Crippen LogP contribution >= 0.6 is 0 Å². The molecular weight excluding hydrogens is 302 g/mol. The van der Waals surface area contributed by atoms with E-state index in [-0.39, 0.29) is 23.9 Å². The summed E-state index contributed by atoms with van der Waals surface area (Å²) in [4.78, 5) is 14.2. The lowest BCUT2D eigenvalue weighted by Gasteiger charge is -2.26. The summed E-state index contributed by atoms with van der Waals surface area (Å²) in [6.07, 6.45) is 1.60. The minimum absolute atomic E-state index is 0. The first-order valence-electron chi connectivity index (χ1n) is 7.05. The SMILES string of the molecule is N#C/C(=C\c1ccccc1)C(=O)NCCN1CCOCC1.[Cl-]. The van der Waals surface area contributed by atoms with Gasteiger partial charge in [0.05, 0.1) is 13.2 Å². The highest BCUT2D eigenvalue weighted by Gasteiger charge is 2.12. The maximum Gasteiger partial charge on any atom is 0.261 e. The zero-order chi connectivity index (χ0) is 14.9. The van der Waals surface area contributed by atoms with Gasteiger partial charge < -0.3 is 22.5 Å². The summed E-state index contributed by atoms with van der Waals surface area (Å²) in [5.74, 6) is -0.324. The number of rotatable bonds is 5. The third-order valence-corrected chi connectivity index (χ3v) is 3.29. The van der Waals surface area contributed by atoms with Crippen LogP contribution in [0.1, 0.15) is 5.56 Å². The van der Waals surface area contributed by atoms with E-state index in [4.69, 9.17) is 10.00 Å². The fraction of sp³-hybridized carbons (Fsp3) is 0.375. The lowest BCUT2D eigenvalue weighted by molar-refractivity contribution is -0.117. The number of amides is 1. The van der Waals surface area contributed by atoms with Crippen molar-refractivity contribution < 1.29 is 21.9 Å². The van der Waals surface area contributed by atoms with Gasteiger partial charge in [-0.3, -0.25) is 9.69 Å². The molecular formula is C16H19ClN3O2-. The standard InChI is InChI=1S/C16H19N3O2.ClH/c17-13-15(12-14-4-2-1-3-5-14)16(20)18-6-7-19-8-10-21-11-9-19;/h1-5,12H,6-11H2,(H,18,20);1H/p-1/b15-12+;. The van der Waals surface area contributed by atoms with E-state index in [9.17, 15) is 4.79 Å². The lowest BCUT2D eigenvalue weighted by atomic mass is 10.1. The predicted molar refractivity (Wildman–Crippen MR) is 80.3 cm³/mol. The first-order chi connectivity index (χ1) is 10.3. The maximum atomic E-state index is 12.0. The summed E-state index contributed by atoms with van der Waals surface area (Å²) in [5, 5.41) is 11.9. The van der Waals surface area contributed by atoms with E-state index in [0.29, 0.717) is 6.54 Å². The van der Waals surface area contributed by atoms with Crippen molar-refractivity contribution in [1.82, 2.24) is 10.2 Å². The van der Waals surface area contributed by atoms with Crippen LogP contribution in [0.3, 0.4) is 0 Å². The molecule has 0 aliphatic carbocycles. The number of nitrogens with one attached hydrogen (secondary N) is 1. The van der Waals surface area contributed by atoms with Crippen LogP contribution in [0.2, 0.25) is 0 Å². The van der Waals surface area contributed by atoms with E-state index in [0.717, 1.165) is 38.4 Å². The van der Waals surface area contributed by atoms with Gasteiger partial charge in [0, 0.05) is 26.2 Å². The van der Waals surface area contributed by atoms with Crippen molar-refractivity contribution in [2.75, 3.05) is 39.4 Å². The van der Waals surface area contributed by atoms with Crippen LogP contribution < -0.4 is 17.7 Å². The number of carbonyl (C=O) groups excluding carboxylic acids is 1. The van der Waals surface area contributed by atoms with Crippen molar-refractivity contribution in [3.63, 3.8) is 0 Å². The summed E-state index contributed by atoms with van der Waals surface area (Å²) in [7, 11) is 0. The van der Waals surface area contributed by atoms with Gasteiger partial charge in [-0.2, -0.15) is 5.26 Å². The van der Waals surface area contributed by atoms with Crippen LogP contribution in [0.15, 0.2) is 35.9 Å². The second-order valence-electron chi connectivity index (χ2n) is 4.79. The van der Waals surface area contributed by atoms with Gasteiger partial charge in [0.15, 0.2) is 0 Å². The van der Waals surface area contributed by atoms with Crippen molar-refractivity contribution >= 4 is 12.0 Å². The van der Waals surface area contributed by atoms with E-state index in [2.05, 4.69) is 10.2 Å². The zero-order valence-corrected chi connectivity index (χ0v) is 13.1. The van der Waals surface area contributed by atoms with Gasteiger partial charge in [-0.1, -0.05) is 30.3 Å². The Labute approximate surface area is 137 Å². The fourth-order valence-electron chi connectivity index (χ4n) is 2.11. The number of benzene rings is 1. The third-order valence-electron chi connectivity index (χ3n) is 3.29. The molecule has 1 amide bonds. The molecule has 1 aromatic carbocycles.